The molecule has 1 atom stereocenters. The van der Waals surface area contributed by atoms with Crippen molar-refractivity contribution in [1.82, 2.24) is 19.8 Å². The highest BCUT2D eigenvalue weighted by molar-refractivity contribution is 5.48. The summed E-state index contributed by atoms with van der Waals surface area (Å²) in [6, 6.07) is 6.69. The van der Waals surface area contributed by atoms with E-state index in [4.69, 9.17) is 4.74 Å². The van der Waals surface area contributed by atoms with Crippen molar-refractivity contribution in [2.75, 3.05) is 11.9 Å². The number of ether oxygens (including phenoxy) is 1. The van der Waals surface area contributed by atoms with Crippen molar-refractivity contribution in [1.29, 1.82) is 0 Å². The number of alkyl halides is 3. The summed E-state index contributed by atoms with van der Waals surface area (Å²) in [7, 11) is 0. The molecule has 4 rings (SSSR count). The number of fused-ring (bicyclic) bond motifs is 2. The Labute approximate surface area is 138 Å². The molecule has 0 aliphatic carbocycles. The van der Waals surface area contributed by atoms with E-state index in [-0.39, 0.29) is 17.5 Å². The molecular formula is C15H11F4N5O. The first-order chi connectivity index (χ1) is 11.9. The molecule has 0 spiro atoms. The molecule has 0 radical (unpaired) electrons. The van der Waals surface area contributed by atoms with Gasteiger partial charge in [0.15, 0.2) is 5.65 Å². The Balaban J connectivity index is 1.69. The Morgan fingerprint density at radius 2 is 2.00 bits per heavy atom. The maximum atomic E-state index is 13.5. The lowest BCUT2D eigenvalue weighted by Gasteiger charge is -2.27. The van der Waals surface area contributed by atoms with Gasteiger partial charge in [-0.1, -0.05) is 0 Å². The number of aromatic nitrogens is 4. The highest BCUT2D eigenvalue weighted by Gasteiger charge is 2.37. The van der Waals surface area contributed by atoms with Crippen molar-refractivity contribution in [3.05, 3.63) is 47.5 Å². The third kappa shape index (κ3) is 2.83. The summed E-state index contributed by atoms with van der Waals surface area (Å²) in [6.07, 6.45) is -4.15. The summed E-state index contributed by atoms with van der Waals surface area (Å²) in [4.78, 5) is 0. The Hall–Kier alpha value is -2.91. The number of nitrogens with one attached hydrogen (secondary N) is 1. The van der Waals surface area contributed by atoms with E-state index in [1.165, 1.54) is 30.3 Å². The zero-order valence-electron chi connectivity index (χ0n) is 12.6. The zero-order chi connectivity index (χ0) is 17.6. The highest BCUT2D eigenvalue weighted by atomic mass is 19.4. The minimum Gasteiger partial charge on any atom is -0.493 e. The normalized spacial score (nSPS) is 17.2. The van der Waals surface area contributed by atoms with Gasteiger partial charge in [-0.05, 0) is 30.3 Å². The fourth-order valence-corrected chi connectivity index (χ4v) is 2.74. The number of hydrogen-bond acceptors (Lipinski definition) is 5. The van der Waals surface area contributed by atoms with Crippen LogP contribution in [0.25, 0.3) is 5.65 Å². The van der Waals surface area contributed by atoms with Gasteiger partial charge in [-0.25, -0.2) is 4.39 Å². The second-order valence-corrected chi connectivity index (χ2v) is 5.53. The van der Waals surface area contributed by atoms with Crippen LogP contribution in [0.15, 0.2) is 30.3 Å². The van der Waals surface area contributed by atoms with E-state index in [1.54, 1.807) is 0 Å². The van der Waals surface area contributed by atoms with Crippen LogP contribution in [0.1, 0.15) is 23.9 Å². The summed E-state index contributed by atoms with van der Waals surface area (Å²) in [5.74, 6) is -0.895. The lowest BCUT2D eigenvalue weighted by Crippen LogP contribution is -2.21. The molecular weight excluding hydrogens is 342 g/mol. The number of benzene rings is 1. The van der Waals surface area contributed by atoms with E-state index in [9.17, 15) is 17.6 Å². The van der Waals surface area contributed by atoms with Crippen molar-refractivity contribution in [2.24, 2.45) is 0 Å². The van der Waals surface area contributed by atoms with Crippen LogP contribution in [0, 0.1) is 5.82 Å². The molecule has 1 N–H and O–H groups in total. The Morgan fingerprint density at radius 3 is 2.80 bits per heavy atom. The molecule has 0 amide bonds. The first-order valence-electron chi connectivity index (χ1n) is 7.40. The summed E-state index contributed by atoms with van der Waals surface area (Å²) >= 11 is 0. The van der Waals surface area contributed by atoms with Gasteiger partial charge in [0.2, 0.25) is 0 Å². The summed E-state index contributed by atoms with van der Waals surface area (Å²) in [5, 5.41) is 13.5. The monoisotopic (exact) mass is 353 g/mol. The largest absolute Gasteiger partial charge is 0.493 e. The van der Waals surface area contributed by atoms with Crippen molar-refractivity contribution in [3.63, 3.8) is 0 Å². The van der Waals surface area contributed by atoms with Crippen molar-refractivity contribution >= 4 is 11.5 Å². The average molecular weight is 353 g/mol. The number of hydrogen-bond donors (Lipinski definition) is 1. The third-order valence-electron chi connectivity index (χ3n) is 3.85. The Morgan fingerprint density at radius 1 is 1.16 bits per heavy atom. The molecule has 3 aromatic rings. The molecule has 25 heavy (non-hydrogen) atoms. The van der Waals surface area contributed by atoms with Crippen molar-refractivity contribution in [2.45, 2.75) is 18.6 Å². The Kier molecular flexibility index (Phi) is 3.48. The van der Waals surface area contributed by atoms with Crippen LogP contribution >= 0.6 is 0 Å². The molecule has 0 saturated carbocycles. The minimum absolute atomic E-state index is 0.0173. The maximum absolute atomic E-state index is 13.5. The SMILES string of the molecule is Fc1ccc2c(c1)C(Nc1ccc3nnc(C(F)(F)F)n3n1)CCO2. The predicted molar refractivity (Wildman–Crippen MR) is 78.7 cm³/mol. The van der Waals surface area contributed by atoms with Gasteiger partial charge in [-0.15, -0.1) is 15.3 Å². The van der Waals surface area contributed by atoms with E-state index >= 15 is 0 Å². The van der Waals surface area contributed by atoms with Gasteiger partial charge in [0.05, 0.1) is 12.6 Å². The van der Waals surface area contributed by atoms with Crippen LogP contribution in [0.2, 0.25) is 0 Å². The molecule has 1 aliphatic heterocycles. The first-order valence-corrected chi connectivity index (χ1v) is 7.40. The number of halogens is 4. The van der Waals surface area contributed by atoms with E-state index in [0.717, 1.165) is 0 Å². The van der Waals surface area contributed by atoms with Gasteiger partial charge in [-0.3, -0.25) is 0 Å². The lowest BCUT2D eigenvalue weighted by atomic mass is 10.0. The maximum Gasteiger partial charge on any atom is 0.453 e. The number of anilines is 1. The molecule has 0 fully saturated rings. The van der Waals surface area contributed by atoms with Crippen LogP contribution in [-0.4, -0.2) is 26.4 Å². The molecule has 6 nitrogen and oxygen atoms in total. The second kappa shape index (κ2) is 5.57. The highest BCUT2D eigenvalue weighted by Crippen LogP contribution is 2.34. The summed E-state index contributed by atoms with van der Waals surface area (Å²) in [6.45, 7) is 0.402. The summed E-state index contributed by atoms with van der Waals surface area (Å²) in [5.41, 5.74) is 0.573. The van der Waals surface area contributed by atoms with Crippen LogP contribution in [-0.2, 0) is 6.18 Å². The van der Waals surface area contributed by atoms with Crippen LogP contribution in [0.5, 0.6) is 5.75 Å². The quantitative estimate of drug-likeness (QED) is 0.717. The first kappa shape index (κ1) is 15.6. The predicted octanol–water partition coefficient (Wildman–Crippen LogP) is 3.22. The minimum atomic E-state index is -4.67. The van der Waals surface area contributed by atoms with E-state index < -0.39 is 17.8 Å². The number of nitrogens with zero attached hydrogens (tertiary/aromatic N) is 4. The fourth-order valence-electron chi connectivity index (χ4n) is 2.74. The van der Waals surface area contributed by atoms with Gasteiger partial charge in [0, 0.05) is 12.0 Å². The molecule has 1 aliphatic rings. The van der Waals surface area contributed by atoms with E-state index in [1.807, 2.05) is 0 Å². The van der Waals surface area contributed by atoms with E-state index in [0.29, 0.717) is 28.9 Å². The second-order valence-electron chi connectivity index (χ2n) is 5.53. The third-order valence-corrected chi connectivity index (χ3v) is 3.85. The molecule has 1 aromatic carbocycles. The molecule has 10 heteroatoms. The average Bonchev–Trinajstić information content (AvgIpc) is 2.99. The molecule has 130 valence electrons. The summed E-state index contributed by atoms with van der Waals surface area (Å²) < 4.78 is 58.4. The van der Waals surface area contributed by atoms with Gasteiger partial charge in [-0.2, -0.15) is 17.7 Å². The molecule has 1 unspecified atom stereocenters. The van der Waals surface area contributed by atoms with Crippen molar-refractivity contribution in [3.8, 4) is 5.75 Å². The lowest BCUT2D eigenvalue weighted by molar-refractivity contribution is -0.146. The number of rotatable bonds is 2. The topological polar surface area (TPSA) is 64.3 Å². The van der Waals surface area contributed by atoms with Gasteiger partial charge in [0.1, 0.15) is 17.4 Å². The van der Waals surface area contributed by atoms with Crippen LogP contribution in [0.3, 0.4) is 0 Å². The fraction of sp³-hybridized carbons (Fsp3) is 0.267. The molecule has 0 bridgehead atoms. The van der Waals surface area contributed by atoms with Crippen molar-refractivity contribution < 1.29 is 22.3 Å². The van der Waals surface area contributed by atoms with Crippen LogP contribution in [0.4, 0.5) is 23.4 Å². The van der Waals surface area contributed by atoms with Gasteiger partial charge < -0.3 is 10.1 Å². The van der Waals surface area contributed by atoms with E-state index in [2.05, 4.69) is 20.6 Å². The van der Waals surface area contributed by atoms with Gasteiger partial charge >= 0.3 is 6.18 Å². The standard InChI is InChI=1S/C15H11F4N5O/c16-8-1-2-11-9(7-8)10(5-6-25-11)20-12-3-4-13-21-22-14(15(17,18)19)24(13)23-12/h1-4,7,10H,5-6H2,(H,20,23). The molecule has 0 saturated heterocycles. The zero-order valence-corrected chi connectivity index (χ0v) is 12.6. The van der Waals surface area contributed by atoms with Crippen LogP contribution < -0.4 is 10.1 Å². The molecule has 2 aromatic heterocycles. The smallest absolute Gasteiger partial charge is 0.453 e. The molecule has 3 heterocycles. The Bertz CT molecular complexity index is 939. The van der Waals surface area contributed by atoms with Gasteiger partial charge in [0.25, 0.3) is 5.82 Å².